The van der Waals surface area contributed by atoms with Gasteiger partial charge in [-0.3, -0.25) is 19.3 Å². The molecule has 1 spiro atoms. The van der Waals surface area contributed by atoms with Gasteiger partial charge in [0.2, 0.25) is 11.8 Å². The third kappa shape index (κ3) is 4.50. The molecular weight excluding hydrogens is 408 g/mol. The average Bonchev–Trinajstić information content (AvgIpc) is 3.57. The lowest BCUT2D eigenvalue weighted by Gasteiger charge is -2.42. The van der Waals surface area contributed by atoms with Gasteiger partial charge < -0.3 is 15.5 Å². The second-order valence-corrected chi connectivity index (χ2v) is 11.0. The molecule has 4 fully saturated rings. The van der Waals surface area contributed by atoms with E-state index in [0.717, 1.165) is 49.8 Å². The van der Waals surface area contributed by atoms with E-state index >= 15 is 0 Å². The van der Waals surface area contributed by atoms with Crippen molar-refractivity contribution in [2.75, 3.05) is 19.6 Å². The van der Waals surface area contributed by atoms with Gasteiger partial charge in [-0.2, -0.15) is 0 Å². The van der Waals surface area contributed by atoms with Crippen molar-refractivity contribution in [1.29, 1.82) is 0 Å². The van der Waals surface area contributed by atoms with Gasteiger partial charge in [-0.15, -0.1) is 0 Å². The molecule has 1 atom stereocenters. The Morgan fingerprint density at radius 2 is 1.81 bits per heavy atom. The van der Waals surface area contributed by atoms with Crippen LogP contribution in [0.2, 0.25) is 0 Å². The van der Waals surface area contributed by atoms with Crippen molar-refractivity contribution in [1.82, 2.24) is 20.4 Å². The maximum absolute atomic E-state index is 13.2. The molecule has 4 rings (SSSR count). The summed E-state index contributed by atoms with van der Waals surface area (Å²) in [4.78, 5) is 54.0. The number of amides is 5. The minimum Gasteiger partial charge on any atom is -0.353 e. The molecule has 2 heterocycles. The predicted molar refractivity (Wildman–Crippen MR) is 119 cm³/mol. The summed E-state index contributed by atoms with van der Waals surface area (Å²) in [5.41, 5.74) is -0.633. The second kappa shape index (κ2) is 8.67. The molecule has 5 amide bonds. The molecule has 0 radical (unpaired) electrons. The number of urea groups is 1. The summed E-state index contributed by atoms with van der Waals surface area (Å²) in [6.07, 6.45) is 7.74. The molecule has 0 aromatic rings. The predicted octanol–water partition coefficient (Wildman–Crippen LogP) is 2.42. The molecule has 32 heavy (non-hydrogen) atoms. The van der Waals surface area contributed by atoms with E-state index in [9.17, 15) is 19.2 Å². The van der Waals surface area contributed by atoms with E-state index in [2.05, 4.69) is 31.4 Å². The van der Waals surface area contributed by atoms with Gasteiger partial charge in [0.25, 0.3) is 5.91 Å². The van der Waals surface area contributed by atoms with Gasteiger partial charge >= 0.3 is 6.03 Å². The highest BCUT2D eigenvalue weighted by atomic mass is 16.2. The Labute approximate surface area is 190 Å². The van der Waals surface area contributed by atoms with Gasteiger partial charge in [-0.1, -0.05) is 27.2 Å². The maximum Gasteiger partial charge on any atom is 0.325 e. The van der Waals surface area contributed by atoms with Crippen molar-refractivity contribution in [3.8, 4) is 0 Å². The Morgan fingerprint density at radius 1 is 1.12 bits per heavy atom. The third-order valence-corrected chi connectivity index (χ3v) is 8.46. The molecule has 8 heteroatoms. The van der Waals surface area contributed by atoms with Crippen molar-refractivity contribution in [3.05, 3.63) is 0 Å². The van der Waals surface area contributed by atoms with Gasteiger partial charge in [-0.05, 0) is 62.7 Å². The van der Waals surface area contributed by atoms with Gasteiger partial charge in [0.15, 0.2) is 0 Å². The molecule has 2 N–H and O–H groups in total. The van der Waals surface area contributed by atoms with Gasteiger partial charge in [0.1, 0.15) is 12.1 Å². The minimum atomic E-state index is -0.855. The highest BCUT2D eigenvalue weighted by molar-refractivity contribution is 6.09. The highest BCUT2D eigenvalue weighted by Gasteiger charge is 2.54. The van der Waals surface area contributed by atoms with Crippen LogP contribution >= 0.6 is 0 Å². The third-order valence-electron chi connectivity index (χ3n) is 8.46. The van der Waals surface area contributed by atoms with E-state index in [1.807, 2.05) is 0 Å². The zero-order valence-corrected chi connectivity index (χ0v) is 19.7. The van der Waals surface area contributed by atoms with Crippen LogP contribution in [-0.2, 0) is 14.4 Å². The van der Waals surface area contributed by atoms with Crippen LogP contribution in [0.25, 0.3) is 0 Å². The van der Waals surface area contributed by atoms with Crippen LogP contribution in [0.5, 0.6) is 0 Å². The van der Waals surface area contributed by atoms with E-state index in [1.165, 1.54) is 0 Å². The van der Waals surface area contributed by atoms with E-state index < -0.39 is 11.6 Å². The van der Waals surface area contributed by atoms with Crippen molar-refractivity contribution < 1.29 is 19.2 Å². The fourth-order valence-corrected chi connectivity index (χ4v) is 5.54. The number of carbonyl (C=O) groups is 4. The summed E-state index contributed by atoms with van der Waals surface area (Å²) in [5.74, 6) is -0.171. The summed E-state index contributed by atoms with van der Waals surface area (Å²) in [7, 11) is 0. The number of imide groups is 1. The highest BCUT2D eigenvalue weighted by Crippen LogP contribution is 2.45. The number of nitrogens with zero attached hydrogens (tertiary/aromatic N) is 2. The number of carbonyl (C=O) groups excluding carboxylic acids is 4. The van der Waals surface area contributed by atoms with E-state index in [-0.39, 0.29) is 35.6 Å². The average molecular weight is 447 g/mol. The van der Waals surface area contributed by atoms with Crippen molar-refractivity contribution in [3.63, 3.8) is 0 Å². The summed E-state index contributed by atoms with van der Waals surface area (Å²) in [6.45, 7) is 7.42. The zero-order chi connectivity index (χ0) is 23.1. The number of piperidine rings is 1. The first-order valence-corrected chi connectivity index (χ1v) is 12.4. The second-order valence-electron chi connectivity index (χ2n) is 11.0. The molecule has 0 aromatic heterocycles. The first kappa shape index (κ1) is 23.1. The summed E-state index contributed by atoms with van der Waals surface area (Å²) in [5, 5.41) is 5.95. The van der Waals surface area contributed by atoms with Crippen LogP contribution in [0.1, 0.15) is 78.6 Å². The van der Waals surface area contributed by atoms with Crippen LogP contribution < -0.4 is 10.6 Å². The summed E-state index contributed by atoms with van der Waals surface area (Å²) >= 11 is 0. The molecule has 2 aliphatic carbocycles. The van der Waals surface area contributed by atoms with Crippen LogP contribution in [0.4, 0.5) is 4.79 Å². The Hall–Kier alpha value is -2.12. The lowest BCUT2D eigenvalue weighted by Crippen LogP contribution is -2.52. The number of rotatable bonds is 6. The minimum absolute atomic E-state index is 0.0192. The summed E-state index contributed by atoms with van der Waals surface area (Å²) < 4.78 is 0. The normalized spacial score (nSPS) is 31.1. The lowest BCUT2D eigenvalue weighted by molar-refractivity contribution is -0.142. The lowest BCUT2D eigenvalue weighted by atomic mass is 9.65. The Balaban J connectivity index is 1.34. The number of likely N-dealkylation sites (tertiary alicyclic amines) is 1. The van der Waals surface area contributed by atoms with Crippen LogP contribution in [0, 0.1) is 17.3 Å². The van der Waals surface area contributed by atoms with E-state index in [1.54, 1.807) is 4.90 Å². The molecule has 0 bridgehead atoms. The van der Waals surface area contributed by atoms with Crippen molar-refractivity contribution >= 4 is 23.8 Å². The van der Waals surface area contributed by atoms with Gasteiger partial charge in [-0.25, -0.2) is 4.79 Å². The van der Waals surface area contributed by atoms with Crippen molar-refractivity contribution in [2.45, 2.75) is 90.1 Å². The maximum atomic E-state index is 13.2. The fourth-order valence-electron chi connectivity index (χ4n) is 5.54. The SMILES string of the molecule is CCC(C)(C)C1CCC2(CC1)NC(=O)N(CC(=O)N1CCCC(C(=O)NC3CC3)C1)C2=O. The van der Waals surface area contributed by atoms with Crippen LogP contribution in [0.3, 0.4) is 0 Å². The summed E-state index contributed by atoms with van der Waals surface area (Å²) in [6, 6.07) is -0.162. The van der Waals surface area contributed by atoms with E-state index in [4.69, 9.17) is 0 Å². The molecule has 8 nitrogen and oxygen atoms in total. The zero-order valence-electron chi connectivity index (χ0n) is 19.7. The first-order valence-electron chi connectivity index (χ1n) is 12.4. The topological polar surface area (TPSA) is 98.8 Å². The van der Waals surface area contributed by atoms with Gasteiger partial charge in [0, 0.05) is 19.1 Å². The molecule has 2 aliphatic heterocycles. The van der Waals surface area contributed by atoms with E-state index in [0.29, 0.717) is 37.9 Å². The number of nitrogens with one attached hydrogen (secondary N) is 2. The van der Waals surface area contributed by atoms with Crippen LogP contribution in [0.15, 0.2) is 0 Å². The first-order chi connectivity index (χ1) is 15.1. The molecule has 4 aliphatic rings. The molecule has 178 valence electrons. The Morgan fingerprint density at radius 3 is 2.44 bits per heavy atom. The van der Waals surface area contributed by atoms with Crippen molar-refractivity contribution in [2.24, 2.45) is 17.3 Å². The smallest absolute Gasteiger partial charge is 0.325 e. The standard InChI is InChI=1S/C24H38N4O4/c1-4-23(2,3)17-9-11-24(12-10-17)21(31)28(22(32)26-24)15-19(29)27-13-5-6-16(14-27)20(30)25-18-7-8-18/h16-18H,4-15H2,1-3H3,(H,25,30)(H,26,32). The monoisotopic (exact) mass is 446 g/mol. The largest absolute Gasteiger partial charge is 0.353 e. The fraction of sp³-hybridized carbons (Fsp3) is 0.833. The molecule has 2 saturated carbocycles. The Bertz CT molecular complexity index is 783. The molecular formula is C24H38N4O4. The molecule has 2 saturated heterocycles. The number of hydrogen-bond acceptors (Lipinski definition) is 4. The molecule has 1 unspecified atom stereocenters. The Kier molecular flexibility index (Phi) is 6.25. The number of hydrogen-bond donors (Lipinski definition) is 2. The quantitative estimate of drug-likeness (QED) is 0.612. The van der Waals surface area contributed by atoms with Gasteiger partial charge in [0.05, 0.1) is 5.92 Å². The molecule has 0 aromatic carbocycles. The van der Waals surface area contributed by atoms with Crippen LogP contribution in [-0.4, -0.2) is 64.8 Å².